The molecule has 1 aliphatic heterocycles. The van der Waals surface area contributed by atoms with Gasteiger partial charge in [-0.1, -0.05) is 0 Å². The fraction of sp³-hybridized carbons (Fsp3) is 0.429. The highest BCUT2D eigenvalue weighted by Gasteiger charge is 2.30. The monoisotopic (exact) mass is 278 g/mol. The molecular weight excluding hydrogens is 263 g/mol. The van der Waals surface area contributed by atoms with Gasteiger partial charge in [0.2, 0.25) is 0 Å². The van der Waals surface area contributed by atoms with Crippen LogP contribution in [-0.2, 0) is 20.8 Å². The van der Waals surface area contributed by atoms with Crippen LogP contribution in [-0.4, -0.2) is 43.8 Å². The van der Waals surface area contributed by atoms with Crippen LogP contribution < -0.4 is 0 Å². The van der Waals surface area contributed by atoms with Gasteiger partial charge in [-0.15, -0.1) is 0 Å². The molecule has 1 atom stereocenters. The van der Waals surface area contributed by atoms with Crippen LogP contribution in [0.25, 0.3) is 0 Å². The Kier molecular flexibility index (Phi) is 4.66. The third-order valence-electron chi connectivity index (χ3n) is 3.18. The Morgan fingerprint density at radius 3 is 3.10 bits per heavy atom. The smallest absolute Gasteiger partial charge is 0.325 e. The Balaban J connectivity index is 2.16. The number of morpholine rings is 1. The summed E-state index contributed by atoms with van der Waals surface area (Å²) >= 11 is 0. The van der Waals surface area contributed by atoms with Crippen LogP contribution in [0.1, 0.15) is 11.1 Å². The first-order chi connectivity index (χ1) is 9.63. The minimum Gasteiger partial charge on any atom is -0.468 e. The van der Waals surface area contributed by atoms with Gasteiger partial charge in [-0.25, -0.2) is 4.39 Å². The number of carbonyl (C=O) groups excluding carboxylic acids is 1. The second kappa shape index (κ2) is 6.46. The Bertz CT molecular complexity index is 542. The highest BCUT2D eigenvalue weighted by molar-refractivity contribution is 5.75. The molecule has 0 spiro atoms. The second-order valence-electron chi connectivity index (χ2n) is 4.54. The number of methoxy groups -OCH3 is 1. The number of halogens is 1. The fourth-order valence-corrected chi connectivity index (χ4v) is 2.22. The highest BCUT2D eigenvalue weighted by Crippen LogP contribution is 2.16. The summed E-state index contributed by atoms with van der Waals surface area (Å²) in [4.78, 5) is 13.6. The van der Waals surface area contributed by atoms with Crippen molar-refractivity contribution >= 4 is 5.97 Å². The normalized spacial score (nSPS) is 19.4. The van der Waals surface area contributed by atoms with Gasteiger partial charge in [0.15, 0.2) is 0 Å². The molecule has 0 bridgehead atoms. The van der Waals surface area contributed by atoms with E-state index in [-0.39, 0.29) is 18.1 Å². The summed E-state index contributed by atoms with van der Waals surface area (Å²) in [5, 5.41) is 8.85. The molecule has 0 aliphatic carbocycles. The first kappa shape index (κ1) is 14.4. The molecule has 1 heterocycles. The van der Waals surface area contributed by atoms with E-state index >= 15 is 0 Å². The van der Waals surface area contributed by atoms with Crippen LogP contribution >= 0.6 is 0 Å². The SMILES string of the molecule is COC(=O)C1COCCN1Cc1cc(F)cc(C#N)c1. The molecule has 1 aliphatic rings. The number of nitriles is 1. The standard InChI is InChI=1S/C14H15FN2O3/c1-19-14(18)13-9-20-3-2-17(13)8-11-4-10(7-16)5-12(15)6-11/h4-6,13H,2-3,8-9H2,1H3. The van der Waals surface area contributed by atoms with E-state index in [1.54, 1.807) is 6.07 Å². The molecule has 0 saturated carbocycles. The van der Waals surface area contributed by atoms with E-state index in [9.17, 15) is 9.18 Å². The van der Waals surface area contributed by atoms with Gasteiger partial charge in [0.1, 0.15) is 11.9 Å². The summed E-state index contributed by atoms with van der Waals surface area (Å²) in [6.07, 6.45) is 0. The number of benzene rings is 1. The lowest BCUT2D eigenvalue weighted by Crippen LogP contribution is -2.49. The van der Waals surface area contributed by atoms with Crippen molar-refractivity contribution in [1.82, 2.24) is 4.90 Å². The summed E-state index contributed by atoms with van der Waals surface area (Å²) in [6, 6.07) is 5.58. The minimum absolute atomic E-state index is 0.257. The summed E-state index contributed by atoms with van der Waals surface area (Å²) in [7, 11) is 1.32. The molecule has 1 saturated heterocycles. The quantitative estimate of drug-likeness (QED) is 0.774. The highest BCUT2D eigenvalue weighted by atomic mass is 19.1. The Hall–Kier alpha value is -1.97. The van der Waals surface area contributed by atoms with Crippen LogP contribution in [0.2, 0.25) is 0 Å². The number of hydrogen-bond acceptors (Lipinski definition) is 5. The molecule has 5 nitrogen and oxygen atoms in total. The predicted octanol–water partition coefficient (Wildman–Crippen LogP) is 1.07. The van der Waals surface area contributed by atoms with E-state index in [1.807, 2.05) is 11.0 Å². The average Bonchev–Trinajstić information content (AvgIpc) is 2.46. The Labute approximate surface area is 116 Å². The van der Waals surface area contributed by atoms with E-state index in [0.29, 0.717) is 25.3 Å². The van der Waals surface area contributed by atoms with Crippen molar-refractivity contribution in [2.45, 2.75) is 12.6 Å². The lowest BCUT2D eigenvalue weighted by molar-refractivity contribution is -0.153. The van der Waals surface area contributed by atoms with Crippen LogP contribution in [0.4, 0.5) is 4.39 Å². The maximum absolute atomic E-state index is 13.4. The maximum Gasteiger partial charge on any atom is 0.325 e. The molecule has 20 heavy (non-hydrogen) atoms. The van der Waals surface area contributed by atoms with Crippen LogP contribution in [0, 0.1) is 17.1 Å². The van der Waals surface area contributed by atoms with Gasteiger partial charge in [-0.2, -0.15) is 5.26 Å². The molecule has 6 heteroatoms. The molecule has 0 amide bonds. The van der Waals surface area contributed by atoms with E-state index in [2.05, 4.69) is 0 Å². The number of esters is 1. The lowest BCUT2D eigenvalue weighted by Gasteiger charge is -2.33. The van der Waals surface area contributed by atoms with Crippen molar-refractivity contribution in [2.75, 3.05) is 26.9 Å². The first-order valence-corrected chi connectivity index (χ1v) is 6.23. The summed E-state index contributed by atoms with van der Waals surface area (Å²) in [5.41, 5.74) is 0.917. The van der Waals surface area contributed by atoms with Crippen molar-refractivity contribution in [3.63, 3.8) is 0 Å². The molecule has 2 rings (SSSR count). The molecule has 1 aromatic rings. The van der Waals surface area contributed by atoms with Crippen LogP contribution in [0.5, 0.6) is 0 Å². The topological polar surface area (TPSA) is 62.6 Å². The number of carbonyl (C=O) groups is 1. The number of hydrogen-bond donors (Lipinski definition) is 0. The molecule has 1 fully saturated rings. The van der Waals surface area contributed by atoms with Gasteiger partial charge in [0.25, 0.3) is 0 Å². The van der Waals surface area contributed by atoms with Gasteiger partial charge in [0, 0.05) is 13.1 Å². The van der Waals surface area contributed by atoms with Gasteiger partial charge in [-0.05, 0) is 23.8 Å². The largest absolute Gasteiger partial charge is 0.468 e. The Morgan fingerprint density at radius 2 is 2.40 bits per heavy atom. The number of rotatable bonds is 3. The van der Waals surface area contributed by atoms with Crippen molar-refractivity contribution in [3.05, 3.63) is 35.1 Å². The zero-order valence-electron chi connectivity index (χ0n) is 11.1. The fourth-order valence-electron chi connectivity index (χ4n) is 2.22. The van der Waals surface area contributed by atoms with Crippen molar-refractivity contribution in [3.8, 4) is 6.07 Å². The van der Waals surface area contributed by atoms with Crippen LogP contribution in [0.3, 0.4) is 0 Å². The van der Waals surface area contributed by atoms with Crippen molar-refractivity contribution in [2.24, 2.45) is 0 Å². The van der Waals surface area contributed by atoms with Crippen molar-refractivity contribution in [1.29, 1.82) is 5.26 Å². The average molecular weight is 278 g/mol. The van der Waals surface area contributed by atoms with E-state index in [1.165, 1.54) is 19.2 Å². The predicted molar refractivity (Wildman–Crippen MR) is 68.1 cm³/mol. The zero-order valence-corrected chi connectivity index (χ0v) is 11.1. The Morgan fingerprint density at radius 1 is 1.60 bits per heavy atom. The molecule has 1 aromatic carbocycles. The molecule has 0 radical (unpaired) electrons. The van der Waals surface area contributed by atoms with Crippen molar-refractivity contribution < 1.29 is 18.7 Å². The molecule has 1 unspecified atom stereocenters. The minimum atomic E-state index is -0.498. The molecule has 106 valence electrons. The number of nitrogens with zero attached hydrogens (tertiary/aromatic N) is 2. The van der Waals surface area contributed by atoms with Gasteiger partial charge >= 0.3 is 5.97 Å². The first-order valence-electron chi connectivity index (χ1n) is 6.23. The maximum atomic E-state index is 13.4. The summed E-state index contributed by atoms with van der Waals surface area (Å²) < 4.78 is 23.4. The third kappa shape index (κ3) is 3.32. The lowest BCUT2D eigenvalue weighted by atomic mass is 10.1. The van der Waals surface area contributed by atoms with E-state index in [0.717, 1.165) is 0 Å². The number of ether oxygens (including phenoxy) is 2. The zero-order chi connectivity index (χ0) is 14.5. The second-order valence-corrected chi connectivity index (χ2v) is 4.54. The van der Waals surface area contributed by atoms with Gasteiger partial charge in [-0.3, -0.25) is 9.69 Å². The van der Waals surface area contributed by atoms with E-state index < -0.39 is 11.9 Å². The summed E-state index contributed by atoms with van der Waals surface area (Å²) in [5.74, 6) is -0.830. The van der Waals surface area contributed by atoms with Gasteiger partial charge in [0.05, 0.1) is 32.0 Å². The summed E-state index contributed by atoms with van der Waals surface area (Å²) in [6.45, 7) is 1.69. The van der Waals surface area contributed by atoms with Crippen LogP contribution in [0.15, 0.2) is 18.2 Å². The molecule has 0 N–H and O–H groups in total. The van der Waals surface area contributed by atoms with E-state index in [4.69, 9.17) is 14.7 Å². The van der Waals surface area contributed by atoms with Gasteiger partial charge < -0.3 is 9.47 Å². The third-order valence-corrected chi connectivity index (χ3v) is 3.18. The molecule has 0 aromatic heterocycles. The molecular formula is C14H15FN2O3.